The Bertz CT molecular complexity index is 3180. The number of aromatic amines is 2. The molecule has 1 aliphatic rings. The molecule has 0 unspecified atom stereocenters. The van der Waals surface area contributed by atoms with Crippen LogP contribution in [0.4, 0.5) is 0 Å². The number of rotatable bonds is 37. The maximum absolute atomic E-state index is 15.1. The smallest absolute Gasteiger partial charge is 0.326 e. The lowest BCUT2D eigenvalue weighted by Crippen LogP contribution is -2.62. The van der Waals surface area contributed by atoms with E-state index in [0.29, 0.717) is 35.4 Å². The Labute approximate surface area is 538 Å². The molecule has 19 N–H and O–H groups in total. The highest BCUT2D eigenvalue weighted by atomic mass is 16.4. The van der Waals surface area contributed by atoms with Crippen LogP contribution < -0.4 is 59.7 Å². The number of nitrogens with two attached hydrogens (primary N) is 3. The molecule has 31 heteroatoms. The summed E-state index contributed by atoms with van der Waals surface area (Å²) in [4.78, 5) is 172. The Hall–Kier alpha value is -9.94. The maximum Gasteiger partial charge on any atom is 0.326 e. The van der Waals surface area contributed by atoms with Gasteiger partial charge in [0.1, 0.15) is 60.1 Å². The van der Waals surface area contributed by atoms with E-state index in [0.717, 1.165) is 0 Å². The molecule has 1 saturated heterocycles. The molecule has 0 aliphatic carbocycles. The Balaban J connectivity index is 1.40. The largest absolute Gasteiger partial charge is 0.508 e. The van der Waals surface area contributed by atoms with E-state index < -0.39 is 144 Å². The number of hydrogen-bond acceptors (Lipinski definition) is 16. The second-order valence-electron chi connectivity index (χ2n) is 23.9. The summed E-state index contributed by atoms with van der Waals surface area (Å²) in [6.45, 7) is 10.4. The third-order valence-corrected chi connectivity index (χ3v) is 15.6. The summed E-state index contributed by atoms with van der Waals surface area (Å²) in [5, 5.41) is 50.8. The average molecular weight is 1300 g/mol. The van der Waals surface area contributed by atoms with Crippen molar-refractivity contribution in [2.75, 3.05) is 13.1 Å². The van der Waals surface area contributed by atoms with Crippen molar-refractivity contribution < 1.29 is 68.1 Å². The number of nitrogens with one attached hydrogen (secondary N) is 10. The molecule has 3 heterocycles. The van der Waals surface area contributed by atoms with Gasteiger partial charge < -0.3 is 89.9 Å². The number of aromatic nitrogens is 4. The van der Waals surface area contributed by atoms with Gasteiger partial charge >= 0.3 is 11.9 Å². The fourth-order valence-electron chi connectivity index (χ4n) is 10.4. The predicted molar refractivity (Wildman–Crippen MR) is 338 cm³/mol. The van der Waals surface area contributed by atoms with Crippen LogP contribution in [0.15, 0.2) is 84.6 Å². The molecule has 31 nitrogen and oxygen atoms in total. The number of imidazole rings is 2. The van der Waals surface area contributed by atoms with Gasteiger partial charge in [-0.3, -0.25) is 52.9 Å². The number of benzene rings is 2. The van der Waals surface area contributed by atoms with Crippen molar-refractivity contribution >= 4 is 71.1 Å². The van der Waals surface area contributed by atoms with Crippen LogP contribution in [0.2, 0.25) is 0 Å². The van der Waals surface area contributed by atoms with Crippen molar-refractivity contribution in [1.82, 2.24) is 67.4 Å². The molecule has 0 saturated carbocycles. The normalized spacial score (nSPS) is 16.1. The number of amides is 9. The standard InChI is InChI=1S/C62H89N17O14/c1-7-35(6)51(78-56(87)44(25-37-17-19-40(80)20-18-37)74-58(89)50(34(4)5)77-53(84)42(15-11-21-68-62(64)65)71-52(83)41(63)28-49(81)82)59(90)75-46(27-39-30-67-32-70-39)60(91)79-22-12-16-48(79)57(88)73-43(24-36-13-9-8-10-14-36)54(85)72-45(26-38-29-66-31-69-38)55(86)76-47(61(92)93)23-33(2)3/h8-10,13-14,17-20,29-35,41-48,50-51,80H,7,11-12,15-16,21-28,63H2,1-6H3,(H,66,69)(H,67,70)(H,71,83)(H,72,85)(H,73,88)(H,74,89)(H,75,90)(H,76,86)(H,77,84)(H,78,87)(H,81,82)(H,92,93)(H4,64,65,68)/t35-,41-,42-,43+,44-,45+,46+,47+,48-,50-,51+/m1/s1. The molecule has 0 bridgehead atoms. The molecule has 5 rings (SSSR count). The number of hydrogen-bond donors (Lipinski definition) is 16. The van der Waals surface area contributed by atoms with Crippen LogP contribution in [0.5, 0.6) is 5.75 Å². The SMILES string of the molecule is CC[C@@H](C)[C@H](NC(=O)[C@@H](Cc1ccc(O)cc1)NC(=O)[C@H](NC(=O)[C@@H](CCCN=C(N)N)NC(=O)[C@H](N)CC(=O)O)C(C)C)C(=O)N[C@@H](Cc1cnc[nH]1)C(=O)N1CCC[C@@H]1C(=O)N[C@@H](Cc1ccccc1)C(=O)N[C@@H](Cc1cnc[nH]1)C(=O)N[C@@H](CC(C)C)C(=O)O. The number of phenolic OH excluding ortho intramolecular Hbond substituents is 1. The highest BCUT2D eigenvalue weighted by Crippen LogP contribution is 2.22. The molecule has 0 radical (unpaired) electrons. The molecule has 9 amide bonds. The van der Waals surface area contributed by atoms with E-state index in [1.54, 1.807) is 71.9 Å². The molecule has 1 aliphatic heterocycles. The first-order chi connectivity index (χ1) is 44.1. The number of likely N-dealkylation sites (tertiary alicyclic amines) is 1. The molecule has 4 aromatic rings. The number of carboxylic acid groups (broad SMARTS) is 2. The van der Waals surface area contributed by atoms with Gasteiger partial charge in [-0.2, -0.15) is 0 Å². The predicted octanol–water partition coefficient (Wildman–Crippen LogP) is -1.33. The fraction of sp³-hybridized carbons (Fsp3) is 0.516. The topological polar surface area (TPSA) is 496 Å². The van der Waals surface area contributed by atoms with Crippen LogP contribution in [0.25, 0.3) is 0 Å². The number of H-pyrrole nitrogens is 2. The molecule has 2 aromatic heterocycles. The summed E-state index contributed by atoms with van der Waals surface area (Å²) in [7, 11) is 0. The van der Waals surface area contributed by atoms with E-state index in [1.807, 2.05) is 0 Å². The Morgan fingerprint density at radius 2 is 1.13 bits per heavy atom. The number of aliphatic imine (C=N–C) groups is 1. The van der Waals surface area contributed by atoms with E-state index in [4.69, 9.17) is 17.2 Å². The van der Waals surface area contributed by atoms with E-state index >= 15 is 4.79 Å². The van der Waals surface area contributed by atoms with Crippen molar-refractivity contribution in [3.05, 3.63) is 102 Å². The van der Waals surface area contributed by atoms with Crippen molar-refractivity contribution in [3.8, 4) is 5.75 Å². The Kier molecular flexibility index (Phi) is 28.7. The first-order valence-corrected chi connectivity index (χ1v) is 30.9. The van der Waals surface area contributed by atoms with Crippen LogP contribution in [0.1, 0.15) is 109 Å². The lowest BCUT2D eigenvalue weighted by atomic mass is 9.96. The zero-order chi connectivity index (χ0) is 68.5. The van der Waals surface area contributed by atoms with Crippen LogP contribution in [-0.2, 0) is 78.4 Å². The average Bonchev–Trinajstić information content (AvgIpc) is 1.81. The first-order valence-electron chi connectivity index (χ1n) is 30.9. The van der Waals surface area contributed by atoms with Crippen LogP contribution in [-0.4, -0.2) is 185 Å². The van der Waals surface area contributed by atoms with Crippen molar-refractivity contribution in [2.45, 2.75) is 173 Å². The molecule has 0 spiro atoms. The molecule has 93 heavy (non-hydrogen) atoms. The van der Waals surface area contributed by atoms with E-state index in [2.05, 4.69) is 67.5 Å². The van der Waals surface area contributed by atoms with E-state index in [-0.39, 0.29) is 82.1 Å². The van der Waals surface area contributed by atoms with Crippen LogP contribution in [0, 0.1) is 17.8 Å². The number of carboxylic acids is 2. The molecular weight excluding hydrogens is 1210 g/mol. The van der Waals surface area contributed by atoms with Crippen LogP contribution in [0.3, 0.4) is 0 Å². The third kappa shape index (κ3) is 23.7. The summed E-state index contributed by atoms with van der Waals surface area (Å²) in [6, 6.07) is 0.810. The maximum atomic E-state index is 15.1. The number of aliphatic carboxylic acids is 2. The Morgan fingerprint density at radius 1 is 0.624 bits per heavy atom. The van der Waals surface area contributed by atoms with Gasteiger partial charge in [0.05, 0.1) is 25.1 Å². The van der Waals surface area contributed by atoms with Gasteiger partial charge in [0.15, 0.2) is 5.96 Å². The number of nitrogens with zero attached hydrogens (tertiary/aromatic N) is 4. The second-order valence-corrected chi connectivity index (χ2v) is 23.9. The zero-order valence-electron chi connectivity index (χ0n) is 53.1. The highest BCUT2D eigenvalue weighted by molar-refractivity contribution is 5.99. The summed E-state index contributed by atoms with van der Waals surface area (Å²) >= 11 is 0. The van der Waals surface area contributed by atoms with Gasteiger partial charge in [-0.05, 0) is 73.1 Å². The van der Waals surface area contributed by atoms with Crippen LogP contribution >= 0.6 is 0 Å². The number of carbonyl (C=O) groups is 11. The summed E-state index contributed by atoms with van der Waals surface area (Å²) in [5.41, 5.74) is 18.7. The van der Waals surface area contributed by atoms with Gasteiger partial charge in [-0.15, -0.1) is 0 Å². The number of carbonyl (C=O) groups excluding carboxylic acids is 9. The van der Waals surface area contributed by atoms with E-state index in [9.17, 15) is 63.3 Å². The van der Waals surface area contributed by atoms with Crippen molar-refractivity contribution in [3.63, 3.8) is 0 Å². The first kappa shape index (κ1) is 73.8. The minimum Gasteiger partial charge on any atom is -0.508 e. The second kappa shape index (κ2) is 36.2. The third-order valence-electron chi connectivity index (χ3n) is 15.6. The van der Waals surface area contributed by atoms with Crippen molar-refractivity contribution in [1.29, 1.82) is 0 Å². The van der Waals surface area contributed by atoms with E-state index in [1.165, 1.54) is 54.2 Å². The van der Waals surface area contributed by atoms with Crippen molar-refractivity contribution in [2.24, 2.45) is 39.9 Å². The summed E-state index contributed by atoms with van der Waals surface area (Å²) < 4.78 is 0. The van der Waals surface area contributed by atoms with Gasteiger partial charge in [-0.1, -0.05) is 90.4 Å². The minimum atomic E-state index is -1.53. The number of aromatic hydroxyl groups is 1. The molecule has 2 aromatic carbocycles. The summed E-state index contributed by atoms with van der Waals surface area (Å²) in [6.07, 6.45) is 5.26. The van der Waals surface area contributed by atoms with Gasteiger partial charge in [0, 0.05) is 62.6 Å². The number of guanidine groups is 1. The molecule has 1 fully saturated rings. The Morgan fingerprint density at radius 3 is 1.68 bits per heavy atom. The minimum absolute atomic E-state index is 0.0425. The van der Waals surface area contributed by atoms with Gasteiger partial charge in [0.2, 0.25) is 53.2 Å². The van der Waals surface area contributed by atoms with Gasteiger partial charge in [0.25, 0.3) is 0 Å². The molecule has 506 valence electrons. The highest BCUT2D eigenvalue weighted by Gasteiger charge is 2.42. The lowest BCUT2D eigenvalue weighted by molar-refractivity contribution is -0.143. The number of phenols is 1. The fourth-order valence-corrected chi connectivity index (χ4v) is 10.4. The quantitative estimate of drug-likeness (QED) is 0.0141. The van der Waals surface area contributed by atoms with Gasteiger partial charge in [-0.25, -0.2) is 14.8 Å². The summed E-state index contributed by atoms with van der Waals surface area (Å²) in [5.74, 6) is -11.7. The molecule has 11 atom stereocenters. The molecular formula is C62H89N17O14. The lowest BCUT2D eigenvalue weighted by Gasteiger charge is -2.32. The monoisotopic (exact) mass is 1300 g/mol. The zero-order valence-corrected chi connectivity index (χ0v) is 53.1.